The van der Waals surface area contributed by atoms with E-state index < -0.39 is 17.6 Å². The molecular formula is C17H12N2O5S3. The molecule has 138 valence electrons. The van der Waals surface area contributed by atoms with Crippen LogP contribution in [-0.4, -0.2) is 43.8 Å². The van der Waals surface area contributed by atoms with Gasteiger partial charge in [0.2, 0.25) is 5.91 Å². The Hall–Kier alpha value is -2.69. The average molecular weight is 420 g/mol. The minimum atomic E-state index is -1.28. The van der Waals surface area contributed by atoms with Crippen LogP contribution >= 0.6 is 35.3 Å². The Morgan fingerprint density at radius 2 is 2.07 bits per heavy atom. The molecule has 27 heavy (non-hydrogen) atoms. The summed E-state index contributed by atoms with van der Waals surface area (Å²) in [5.74, 6) is -2.62. The van der Waals surface area contributed by atoms with Crippen molar-refractivity contribution in [3.63, 3.8) is 0 Å². The lowest BCUT2D eigenvalue weighted by Gasteiger charge is -2.14. The number of carboxylic acids is 1. The van der Waals surface area contributed by atoms with Crippen LogP contribution in [-0.2, 0) is 9.59 Å². The quantitative estimate of drug-likeness (QED) is 0.504. The van der Waals surface area contributed by atoms with Crippen LogP contribution in [0.2, 0.25) is 0 Å². The maximum Gasteiger partial charge on any atom is 0.339 e. The molecule has 0 atom stereocenters. The first-order chi connectivity index (χ1) is 12.8. The van der Waals surface area contributed by atoms with E-state index in [9.17, 15) is 19.5 Å². The minimum absolute atomic E-state index is 0.210. The fourth-order valence-electron chi connectivity index (χ4n) is 2.27. The van der Waals surface area contributed by atoms with Gasteiger partial charge < -0.3 is 15.5 Å². The Bertz CT molecular complexity index is 969. The van der Waals surface area contributed by atoms with Crippen molar-refractivity contribution in [2.45, 2.75) is 0 Å². The molecule has 3 N–H and O–H groups in total. The molecule has 1 aromatic heterocycles. The second-order valence-electron chi connectivity index (χ2n) is 5.37. The highest BCUT2D eigenvalue weighted by Gasteiger charge is 2.33. The van der Waals surface area contributed by atoms with Gasteiger partial charge in [0.1, 0.15) is 22.2 Å². The number of nitrogens with zero attached hydrogens (tertiary/aromatic N) is 1. The third kappa shape index (κ3) is 4.35. The van der Waals surface area contributed by atoms with E-state index in [0.29, 0.717) is 4.91 Å². The molecular weight excluding hydrogens is 408 g/mol. The van der Waals surface area contributed by atoms with Crippen molar-refractivity contribution in [3.05, 3.63) is 51.1 Å². The van der Waals surface area contributed by atoms with E-state index in [4.69, 9.17) is 17.3 Å². The number of carbonyl (C=O) groups is 3. The standard InChI is InChI=1S/C17H12N2O5S3/c20-12-6-9(3-4-11(12)16(23)24)18-14(21)8-19-15(22)13(27-17(19)25)7-10-2-1-5-26-10/h1-7,20H,8H2,(H,18,21)(H,23,24)/b13-7-. The predicted octanol–water partition coefficient (Wildman–Crippen LogP) is 2.99. The van der Waals surface area contributed by atoms with Crippen LogP contribution in [0.1, 0.15) is 15.2 Å². The Labute approximate surface area is 167 Å². The van der Waals surface area contributed by atoms with Gasteiger partial charge in [0, 0.05) is 16.6 Å². The van der Waals surface area contributed by atoms with Crippen LogP contribution in [0.15, 0.2) is 40.6 Å². The van der Waals surface area contributed by atoms with Crippen molar-refractivity contribution >= 4 is 69.2 Å². The highest BCUT2D eigenvalue weighted by molar-refractivity contribution is 8.26. The molecule has 1 aliphatic heterocycles. The molecule has 10 heteroatoms. The molecule has 3 rings (SSSR count). The first kappa shape index (κ1) is 19.1. The summed E-state index contributed by atoms with van der Waals surface area (Å²) in [7, 11) is 0. The number of thiocarbonyl (C=S) groups is 1. The zero-order chi connectivity index (χ0) is 19.6. The first-order valence-corrected chi connectivity index (χ1v) is 9.60. The molecule has 0 radical (unpaired) electrons. The number of hydrogen-bond donors (Lipinski definition) is 3. The van der Waals surface area contributed by atoms with Crippen LogP contribution in [0.3, 0.4) is 0 Å². The molecule has 1 aromatic carbocycles. The van der Waals surface area contributed by atoms with E-state index in [1.807, 2.05) is 17.5 Å². The van der Waals surface area contributed by atoms with Crippen molar-refractivity contribution in [1.82, 2.24) is 4.90 Å². The van der Waals surface area contributed by atoms with E-state index in [-0.39, 0.29) is 28.0 Å². The Balaban J connectivity index is 1.67. The summed E-state index contributed by atoms with van der Waals surface area (Å²) < 4.78 is 0.280. The third-order valence-corrected chi connectivity index (χ3v) is 5.70. The van der Waals surface area contributed by atoms with Gasteiger partial charge in [0.15, 0.2) is 0 Å². The van der Waals surface area contributed by atoms with Crippen LogP contribution in [0.5, 0.6) is 5.75 Å². The summed E-state index contributed by atoms with van der Waals surface area (Å²) in [4.78, 5) is 38.1. The van der Waals surface area contributed by atoms with Gasteiger partial charge in [-0.25, -0.2) is 4.79 Å². The smallest absolute Gasteiger partial charge is 0.339 e. The summed E-state index contributed by atoms with van der Waals surface area (Å²) >= 11 is 7.80. The summed E-state index contributed by atoms with van der Waals surface area (Å²) in [6.07, 6.45) is 1.73. The number of nitrogens with one attached hydrogen (secondary N) is 1. The summed E-state index contributed by atoms with van der Waals surface area (Å²) in [6.45, 7) is -0.284. The molecule has 0 spiro atoms. The number of carbonyl (C=O) groups excluding carboxylic acids is 2. The van der Waals surface area contributed by atoms with Gasteiger partial charge in [-0.15, -0.1) is 11.3 Å². The maximum atomic E-state index is 12.5. The Morgan fingerprint density at radius 1 is 1.30 bits per heavy atom. The van der Waals surface area contributed by atoms with E-state index >= 15 is 0 Å². The second-order valence-corrected chi connectivity index (χ2v) is 8.02. The van der Waals surface area contributed by atoms with Crippen molar-refractivity contribution in [3.8, 4) is 5.75 Å². The number of anilines is 1. The number of aromatic hydroxyl groups is 1. The molecule has 1 aliphatic rings. The number of thioether (sulfide) groups is 1. The van der Waals surface area contributed by atoms with Crippen LogP contribution < -0.4 is 5.32 Å². The van der Waals surface area contributed by atoms with Gasteiger partial charge in [-0.3, -0.25) is 14.5 Å². The lowest BCUT2D eigenvalue weighted by Crippen LogP contribution is -2.36. The van der Waals surface area contributed by atoms with Gasteiger partial charge in [-0.2, -0.15) is 0 Å². The Morgan fingerprint density at radius 3 is 2.70 bits per heavy atom. The average Bonchev–Trinajstić information content (AvgIpc) is 3.19. The number of phenols is 1. The first-order valence-electron chi connectivity index (χ1n) is 7.50. The van der Waals surface area contributed by atoms with Crippen molar-refractivity contribution in [1.29, 1.82) is 0 Å². The molecule has 0 unspecified atom stereocenters. The van der Waals surface area contributed by atoms with Gasteiger partial charge in [0.25, 0.3) is 5.91 Å². The zero-order valence-corrected chi connectivity index (χ0v) is 16.0. The van der Waals surface area contributed by atoms with E-state index in [2.05, 4.69) is 5.32 Å². The zero-order valence-electron chi connectivity index (χ0n) is 13.5. The van der Waals surface area contributed by atoms with Crippen molar-refractivity contribution in [2.24, 2.45) is 0 Å². The second kappa shape index (κ2) is 7.91. The third-order valence-electron chi connectivity index (χ3n) is 3.50. The number of carboxylic acid groups (broad SMARTS) is 1. The number of aromatic carboxylic acids is 1. The molecule has 1 fully saturated rings. The summed E-state index contributed by atoms with van der Waals surface area (Å²) in [5.41, 5.74) is -0.0641. The largest absolute Gasteiger partial charge is 0.507 e. The molecule has 1 saturated heterocycles. The number of benzene rings is 1. The van der Waals surface area contributed by atoms with Gasteiger partial charge >= 0.3 is 5.97 Å². The molecule has 2 aromatic rings. The normalized spacial score (nSPS) is 15.4. The SMILES string of the molecule is O=C(CN1C(=O)/C(=C/c2cccs2)SC1=S)Nc1ccc(C(=O)O)c(O)c1. The molecule has 2 amide bonds. The van der Waals surface area contributed by atoms with E-state index in [1.54, 1.807) is 6.08 Å². The topological polar surface area (TPSA) is 107 Å². The molecule has 0 saturated carbocycles. The number of rotatable bonds is 5. The van der Waals surface area contributed by atoms with Gasteiger partial charge in [-0.1, -0.05) is 30.0 Å². The van der Waals surface area contributed by atoms with Crippen molar-refractivity contribution < 1.29 is 24.6 Å². The van der Waals surface area contributed by atoms with Crippen LogP contribution in [0.25, 0.3) is 6.08 Å². The molecule has 0 bridgehead atoms. The number of hydrogen-bond acceptors (Lipinski definition) is 7. The van der Waals surface area contributed by atoms with Crippen molar-refractivity contribution in [2.75, 3.05) is 11.9 Å². The Kier molecular flexibility index (Phi) is 5.59. The predicted molar refractivity (Wildman–Crippen MR) is 108 cm³/mol. The van der Waals surface area contributed by atoms with Gasteiger partial charge in [-0.05, 0) is 29.7 Å². The number of thiophene rings is 1. The van der Waals surface area contributed by atoms with Crippen LogP contribution in [0.4, 0.5) is 5.69 Å². The van der Waals surface area contributed by atoms with E-state index in [0.717, 1.165) is 22.7 Å². The monoisotopic (exact) mass is 420 g/mol. The fraction of sp³-hybridized carbons (Fsp3) is 0.0588. The fourth-order valence-corrected chi connectivity index (χ4v) is 4.25. The molecule has 0 aliphatic carbocycles. The van der Waals surface area contributed by atoms with Gasteiger partial charge in [0.05, 0.1) is 4.91 Å². The summed E-state index contributed by atoms with van der Waals surface area (Å²) in [6, 6.07) is 7.40. The lowest BCUT2D eigenvalue weighted by molar-refractivity contribution is -0.126. The molecule has 7 nitrogen and oxygen atoms in total. The molecule has 2 heterocycles. The minimum Gasteiger partial charge on any atom is -0.507 e. The highest BCUT2D eigenvalue weighted by Crippen LogP contribution is 2.33. The van der Waals surface area contributed by atoms with E-state index in [1.165, 1.54) is 28.4 Å². The summed E-state index contributed by atoms with van der Waals surface area (Å²) in [5, 5.41) is 23.0. The van der Waals surface area contributed by atoms with Crippen LogP contribution in [0, 0.1) is 0 Å². The maximum absolute atomic E-state index is 12.5. The highest BCUT2D eigenvalue weighted by atomic mass is 32.2. The number of amides is 2. The lowest BCUT2D eigenvalue weighted by atomic mass is 10.2.